The standard InChI is InChI=1S/C30H27NO7/c1-36-22-9-7-20(8-10-22)25-18-28(33)38-26-17-23(11-12-24(25)26)37-19-27(32)31-15-13-30(14-16-31,29(34)35)21-5-3-2-4-6-21/h2-12,17-18H,13-16,19H2,1H3,(H,34,35). The third-order valence-corrected chi connectivity index (χ3v) is 7.18. The van der Waals surface area contributed by atoms with E-state index in [1.807, 2.05) is 54.6 Å². The first-order valence-electron chi connectivity index (χ1n) is 12.3. The van der Waals surface area contributed by atoms with Gasteiger partial charge in [0.05, 0.1) is 12.5 Å². The second-order valence-corrected chi connectivity index (χ2v) is 9.29. The topological polar surface area (TPSA) is 106 Å². The van der Waals surface area contributed by atoms with Crippen molar-refractivity contribution in [1.29, 1.82) is 0 Å². The lowest BCUT2D eigenvalue weighted by Gasteiger charge is -2.39. The van der Waals surface area contributed by atoms with Crippen LogP contribution in [0.4, 0.5) is 0 Å². The van der Waals surface area contributed by atoms with Crippen LogP contribution >= 0.6 is 0 Å². The van der Waals surface area contributed by atoms with Crippen molar-refractivity contribution < 1.29 is 28.6 Å². The molecule has 0 unspecified atom stereocenters. The molecule has 1 saturated heterocycles. The largest absolute Gasteiger partial charge is 0.497 e. The van der Waals surface area contributed by atoms with Crippen LogP contribution < -0.4 is 15.1 Å². The summed E-state index contributed by atoms with van der Waals surface area (Å²) in [6.45, 7) is 0.432. The number of carboxylic acids is 1. The van der Waals surface area contributed by atoms with Gasteiger partial charge in [-0.25, -0.2) is 4.79 Å². The molecule has 1 amide bonds. The molecule has 1 aromatic heterocycles. The maximum absolute atomic E-state index is 12.9. The van der Waals surface area contributed by atoms with Gasteiger partial charge >= 0.3 is 11.6 Å². The van der Waals surface area contributed by atoms with Crippen molar-refractivity contribution >= 4 is 22.8 Å². The Balaban J connectivity index is 1.27. The van der Waals surface area contributed by atoms with Crippen molar-refractivity contribution in [2.75, 3.05) is 26.8 Å². The number of aliphatic carboxylic acids is 1. The highest BCUT2D eigenvalue weighted by atomic mass is 16.5. The maximum atomic E-state index is 12.9. The normalized spacial score (nSPS) is 14.7. The Morgan fingerprint density at radius 2 is 1.63 bits per heavy atom. The van der Waals surface area contributed by atoms with Gasteiger partial charge in [-0.05, 0) is 53.8 Å². The highest BCUT2D eigenvalue weighted by molar-refractivity contribution is 5.94. The van der Waals surface area contributed by atoms with Crippen molar-refractivity contribution in [2.24, 2.45) is 0 Å². The average Bonchev–Trinajstić information content (AvgIpc) is 2.95. The Kier molecular flexibility index (Phi) is 6.87. The molecular formula is C30H27NO7. The number of fused-ring (bicyclic) bond motifs is 1. The second-order valence-electron chi connectivity index (χ2n) is 9.29. The zero-order chi connectivity index (χ0) is 26.7. The van der Waals surface area contributed by atoms with Crippen molar-refractivity contribution in [1.82, 2.24) is 4.90 Å². The zero-order valence-corrected chi connectivity index (χ0v) is 20.9. The molecule has 1 aliphatic heterocycles. The molecule has 0 aliphatic carbocycles. The summed E-state index contributed by atoms with van der Waals surface area (Å²) in [4.78, 5) is 38.9. The lowest BCUT2D eigenvalue weighted by molar-refractivity contribution is -0.148. The van der Waals surface area contributed by atoms with Crippen LogP contribution in [0.15, 0.2) is 88.1 Å². The summed E-state index contributed by atoms with van der Waals surface area (Å²) in [5.41, 5.74) is 1.16. The molecule has 194 valence electrons. The van der Waals surface area contributed by atoms with Gasteiger partial charge in [-0.15, -0.1) is 0 Å². The van der Waals surface area contributed by atoms with Crippen LogP contribution in [0.1, 0.15) is 18.4 Å². The summed E-state index contributed by atoms with van der Waals surface area (Å²) in [6, 6.07) is 23.1. The molecule has 0 saturated carbocycles. The monoisotopic (exact) mass is 513 g/mol. The first-order chi connectivity index (χ1) is 18.4. The number of nitrogens with zero attached hydrogens (tertiary/aromatic N) is 1. The first kappa shape index (κ1) is 25.1. The van der Waals surface area contributed by atoms with Crippen molar-refractivity contribution in [3.8, 4) is 22.6 Å². The zero-order valence-electron chi connectivity index (χ0n) is 20.9. The van der Waals surface area contributed by atoms with Crippen LogP contribution in [-0.2, 0) is 15.0 Å². The third kappa shape index (κ3) is 4.85. The van der Waals surface area contributed by atoms with Gasteiger partial charge in [0.15, 0.2) is 6.61 Å². The smallest absolute Gasteiger partial charge is 0.336 e. The van der Waals surface area contributed by atoms with E-state index >= 15 is 0 Å². The van der Waals surface area contributed by atoms with Crippen molar-refractivity contribution in [2.45, 2.75) is 18.3 Å². The van der Waals surface area contributed by atoms with E-state index in [2.05, 4.69) is 0 Å². The molecule has 0 atom stereocenters. The molecule has 38 heavy (non-hydrogen) atoms. The minimum Gasteiger partial charge on any atom is -0.497 e. The van der Waals surface area contributed by atoms with E-state index in [9.17, 15) is 19.5 Å². The molecule has 2 heterocycles. The Morgan fingerprint density at radius 1 is 0.947 bits per heavy atom. The maximum Gasteiger partial charge on any atom is 0.336 e. The molecular weight excluding hydrogens is 486 g/mol. The molecule has 8 nitrogen and oxygen atoms in total. The summed E-state index contributed by atoms with van der Waals surface area (Å²) in [5.74, 6) is -0.00449. The van der Waals surface area contributed by atoms with Crippen LogP contribution in [0, 0.1) is 0 Å². The van der Waals surface area contributed by atoms with E-state index in [1.54, 1.807) is 30.2 Å². The van der Waals surface area contributed by atoms with E-state index in [0.29, 0.717) is 43.0 Å². The fraction of sp³-hybridized carbons (Fsp3) is 0.233. The van der Waals surface area contributed by atoms with Gasteiger partial charge in [-0.2, -0.15) is 0 Å². The van der Waals surface area contributed by atoms with Crippen molar-refractivity contribution in [3.63, 3.8) is 0 Å². The minimum absolute atomic E-state index is 0.209. The van der Waals surface area contributed by atoms with Crippen LogP contribution in [0.3, 0.4) is 0 Å². The van der Waals surface area contributed by atoms with Gasteiger partial charge in [-0.1, -0.05) is 42.5 Å². The van der Waals surface area contributed by atoms with E-state index in [1.165, 1.54) is 6.07 Å². The van der Waals surface area contributed by atoms with E-state index in [-0.39, 0.29) is 12.5 Å². The van der Waals surface area contributed by atoms with Gasteiger partial charge in [0.1, 0.15) is 17.1 Å². The number of hydrogen-bond donors (Lipinski definition) is 1. The molecule has 1 N–H and O–H groups in total. The van der Waals surface area contributed by atoms with Crippen LogP contribution in [0.25, 0.3) is 22.1 Å². The number of piperidine rings is 1. The number of carbonyl (C=O) groups excluding carboxylic acids is 1. The predicted octanol–water partition coefficient (Wildman–Crippen LogP) is 4.49. The number of likely N-dealkylation sites (tertiary alicyclic amines) is 1. The molecule has 3 aromatic carbocycles. The number of rotatable bonds is 7. The second kappa shape index (κ2) is 10.4. The summed E-state index contributed by atoms with van der Waals surface area (Å²) < 4.78 is 16.4. The Labute approximate surface area is 219 Å². The summed E-state index contributed by atoms with van der Waals surface area (Å²) in [7, 11) is 1.59. The van der Waals surface area contributed by atoms with Crippen LogP contribution in [0.2, 0.25) is 0 Å². The Bertz CT molecular complexity index is 1520. The lowest BCUT2D eigenvalue weighted by Crippen LogP contribution is -2.50. The molecule has 5 rings (SSSR count). The van der Waals surface area contributed by atoms with Crippen LogP contribution in [-0.4, -0.2) is 48.7 Å². The van der Waals surface area contributed by atoms with Gasteiger partial charge in [0, 0.05) is 30.6 Å². The SMILES string of the molecule is COc1ccc(-c2cc(=O)oc3cc(OCC(=O)N4CCC(C(=O)O)(c5ccccc5)CC4)ccc23)cc1. The Hall–Kier alpha value is -4.59. The van der Waals surface area contributed by atoms with Gasteiger partial charge < -0.3 is 23.9 Å². The Morgan fingerprint density at radius 3 is 2.29 bits per heavy atom. The number of amides is 1. The van der Waals surface area contributed by atoms with Gasteiger partial charge in [0.2, 0.25) is 0 Å². The number of hydrogen-bond acceptors (Lipinski definition) is 6. The van der Waals surface area contributed by atoms with Gasteiger partial charge in [0.25, 0.3) is 5.91 Å². The highest BCUT2D eigenvalue weighted by Crippen LogP contribution is 2.36. The molecule has 0 radical (unpaired) electrons. The third-order valence-electron chi connectivity index (χ3n) is 7.18. The molecule has 0 bridgehead atoms. The molecule has 8 heteroatoms. The van der Waals surface area contributed by atoms with E-state index in [0.717, 1.165) is 22.1 Å². The summed E-state index contributed by atoms with van der Waals surface area (Å²) in [5, 5.41) is 10.7. The number of carboxylic acid groups (broad SMARTS) is 1. The molecule has 1 fully saturated rings. The molecule has 0 spiro atoms. The number of methoxy groups -OCH3 is 1. The number of ether oxygens (including phenoxy) is 2. The quantitative estimate of drug-likeness (QED) is 0.363. The minimum atomic E-state index is -1.00. The summed E-state index contributed by atoms with van der Waals surface area (Å²) >= 11 is 0. The number of carbonyl (C=O) groups is 2. The van der Waals surface area contributed by atoms with E-state index in [4.69, 9.17) is 13.9 Å². The van der Waals surface area contributed by atoms with Crippen LogP contribution in [0.5, 0.6) is 11.5 Å². The molecule has 4 aromatic rings. The van der Waals surface area contributed by atoms with E-state index < -0.39 is 17.0 Å². The fourth-order valence-corrected chi connectivity index (χ4v) is 5.00. The van der Waals surface area contributed by atoms with Crippen molar-refractivity contribution in [3.05, 3.63) is 94.8 Å². The highest BCUT2D eigenvalue weighted by Gasteiger charge is 2.43. The lowest BCUT2D eigenvalue weighted by atomic mass is 9.73. The average molecular weight is 514 g/mol. The first-order valence-corrected chi connectivity index (χ1v) is 12.3. The predicted molar refractivity (Wildman–Crippen MR) is 142 cm³/mol. The molecule has 1 aliphatic rings. The number of benzene rings is 3. The fourth-order valence-electron chi connectivity index (χ4n) is 5.00. The van der Waals surface area contributed by atoms with Gasteiger partial charge in [-0.3, -0.25) is 9.59 Å². The summed E-state index contributed by atoms with van der Waals surface area (Å²) in [6.07, 6.45) is 0.653.